The summed E-state index contributed by atoms with van der Waals surface area (Å²) < 4.78 is 5.98. The lowest BCUT2D eigenvalue weighted by atomic mass is 10.0. The monoisotopic (exact) mass is 616 g/mol. The molecule has 1 atom stereocenters. The van der Waals surface area contributed by atoms with Crippen LogP contribution in [0, 0.1) is 0 Å². The Morgan fingerprint density at radius 3 is 2.39 bits per heavy atom. The van der Waals surface area contributed by atoms with E-state index in [1.807, 2.05) is 30.3 Å². The third-order valence-corrected chi connectivity index (χ3v) is 6.40. The Hall–Kier alpha value is -5.56. The van der Waals surface area contributed by atoms with Crippen LogP contribution in [0.25, 0.3) is 11.8 Å². The second kappa shape index (κ2) is 15.6. The maximum atomic E-state index is 13.3. The molecule has 1 heterocycles. The summed E-state index contributed by atoms with van der Waals surface area (Å²) in [5, 5.41) is 22.4. The molecule has 0 bridgehead atoms. The van der Waals surface area contributed by atoms with Gasteiger partial charge in [0.25, 0.3) is 0 Å². The predicted octanol–water partition coefficient (Wildman–Crippen LogP) is 3.38. The van der Waals surface area contributed by atoms with Crippen LogP contribution in [-0.2, 0) is 25.5 Å². The summed E-state index contributed by atoms with van der Waals surface area (Å²) in [6, 6.07) is 19.4. The molecule has 0 radical (unpaired) electrons. The highest BCUT2D eigenvalue weighted by Gasteiger charge is 2.21. The Balaban J connectivity index is 1.41. The van der Waals surface area contributed by atoms with E-state index in [1.54, 1.807) is 48.5 Å². The number of halogens is 1. The number of methoxy groups -OCH3 is 1. The number of benzene rings is 3. The van der Waals surface area contributed by atoms with E-state index in [0.717, 1.165) is 5.56 Å². The number of carbonyl (C=O) groups excluding carboxylic acids is 4. The molecule has 13 nitrogen and oxygen atoms in total. The van der Waals surface area contributed by atoms with Gasteiger partial charge in [0.15, 0.2) is 0 Å². The number of hydrogen-bond donors (Lipinski definition) is 4. The maximum Gasteiger partial charge on any atom is 0.319 e. The van der Waals surface area contributed by atoms with E-state index in [9.17, 15) is 19.2 Å². The lowest BCUT2D eigenvalue weighted by molar-refractivity contribution is -0.140. The van der Waals surface area contributed by atoms with Crippen molar-refractivity contribution in [1.29, 1.82) is 0 Å². The van der Waals surface area contributed by atoms with Crippen LogP contribution in [0.5, 0.6) is 0 Å². The Bertz CT molecular complexity index is 1610. The number of nitrogens with zero attached hydrogens (tertiary/aromatic N) is 4. The zero-order chi connectivity index (χ0) is 31.3. The Morgan fingerprint density at radius 2 is 1.70 bits per heavy atom. The number of tetrazole rings is 1. The highest BCUT2D eigenvalue weighted by molar-refractivity contribution is 6.30. The Kier molecular flexibility index (Phi) is 11.1. The van der Waals surface area contributed by atoms with Gasteiger partial charge in [-0.15, -0.1) is 5.10 Å². The molecule has 0 aliphatic heterocycles. The van der Waals surface area contributed by atoms with E-state index in [-0.39, 0.29) is 19.4 Å². The number of urea groups is 1. The number of ether oxygens (including phenoxy) is 1. The average molecular weight is 617 g/mol. The predicted molar refractivity (Wildman–Crippen MR) is 164 cm³/mol. The molecule has 44 heavy (non-hydrogen) atoms. The highest BCUT2D eigenvalue weighted by atomic mass is 35.5. The number of amides is 4. The molecule has 0 aliphatic carbocycles. The molecular formula is C30H29ClN8O5. The third-order valence-electron chi connectivity index (χ3n) is 6.17. The molecule has 4 aromatic rings. The van der Waals surface area contributed by atoms with E-state index in [2.05, 4.69) is 41.5 Å². The molecule has 4 rings (SSSR count). The number of esters is 1. The van der Waals surface area contributed by atoms with Crippen molar-refractivity contribution in [2.75, 3.05) is 24.3 Å². The molecule has 3 aromatic carbocycles. The van der Waals surface area contributed by atoms with Crippen LogP contribution in [-0.4, -0.2) is 63.7 Å². The molecular weight excluding hydrogens is 588 g/mol. The third kappa shape index (κ3) is 9.49. The van der Waals surface area contributed by atoms with Crippen LogP contribution < -0.4 is 21.3 Å². The number of hydrogen-bond acceptors (Lipinski definition) is 8. The minimum atomic E-state index is -0.911. The fourth-order valence-electron chi connectivity index (χ4n) is 4.01. The molecule has 0 aliphatic rings. The first-order valence-electron chi connectivity index (χ1n) is 13.4. The van der Waals surface area contributed by atoms with E-state index in [4.69, 9.17) is 11.6 Å². The Morgan fingerprint density at radius 1 is 0.977 bits per heavy atom. The topological polar surface area (TPSA) is 169 Å². The summed E-state index contributed by atoms with van der Waals surface area (Å²) in [5.41, 5.74) is 2.98. The van der Waals surface area contributed by atoms with Crippen molar-refractivity contribution in [2.45, 2.75) is 18.9 Å². The van der Waals surface area contributed by atoms with Crippen LogP contribution in [0.3, 0.4) is 0 Å². The van der Waals surface area contributed by atoms with Crippen molar-refractivity contribution in [3.05, 3.63) is 101 Å². The van der Waals surface area contributed by atoms with Gasteiger partial charge in [0.2, 0.25) is 11.8 Å². The van der Waals surface area contributed by atoms with Gasteiger partial charge in [-0.3, -0.25) is 14.4 Å². The van der Waals surface area contributed by atoms with Gasteiger partial charge in [-0.25, -0.2) is 4.79 Å². The largest absolute Gasteiger partial charge is 0.469 e. The van der Waals surface area contributed by atoms with Gasteiger partial charge < -0.3 is 26.0 Å². The van der Waals surface area contributed by atoms with E-state index in [1.165, 1.54) is 24.2 Å². The summed E-state index contributed by atoms with van der Waals surface area (Å²) in [6.07, 6.45) is 4.58. The fourth-order valence-corrected chi connectivity index (χ4v) is 4.19. The van der Waals surface area contributed by atoms with Gasteiger partial charge in [0.05, 0.1) is 19.2 Å². The van der Waals surface area contributed by atoms with Gasteiger partial charge in [-0.05, 0) is 64.5 Å². The molecule has 0 spiro atoms. The molecule has 14 heteroatoms. The SMILES string of the molecule is COC(=O)CCNC(=O)Nc1ccc(NC(=O)C(Cc2ccccc2)NC(=O)/C=C/c2cc(Cl)ccc2-n2cnnn2)cc1. The highest BCUT2D eigenvalue weighted by Crippen LogP contribution is 2.20. The number of carbonyl (C=O) groups is 4. The standard InChI is InChI=1S/C30H29ClN8O5/c1-44-28(41)15-16-32-30(43)35-24-11-9-23(10-12-24)34-29(42)25(17-20-5-3-2-4-6-20)36-27(40)14-7-21-18-22(31)8-13-26(21)39-19-33-37-38-39/h2-14,18-19,25H,15-17H2,1H3,(H,34,42)(H,36,40)(H2,32,35,43)/b14-7+. The Labute approximate surface area is 257 Å². The smallest absolute Gasteiger partial charge is 0.319 e. The van der Waals surface area contributed by atoms with E-state index >= 15 is 0 Å². The first kappa shape index (κ1) is 31.4. The quantitative estimate of drug-likeness (QED) is 0.139. The molecule has 1 aromatic heterocycles. The second-order valence-corrected chi connectivity index (χ2v) is 9.75. The van der Waals surface area contributed by atoms with Crippen LogP contribution in [0.2, 0.25) is 5.02 Å². The van der Waals surface area contributed by atoms with E-state index < -0.39 is 29.9 Å². The van der Waals surface area contributed by atoms with Crippen molar-refractivity contribution in [3.63, 3.8) is 0 Å². The summed E-state index contributed by atoms with van der Waals surface area (Å²) in [7, 11) is 1.27. The molecule has 1 unspecified atom stereocenters. The summed E-state index contributed by atoms with van der Waals surface area (Å²) in [4.78, 5) is 49.6. The van der Waals surface area contributed by atoms with Crippen LogP contribution in [0.4, 0.5) is 16.2 Å². The fraction of sp³-hybridized carbons (Fsp3) is 0.167. The number of nitrogens with one attached hydrogen (secondary N) is 4. The molecule has 226 valence electrons. The van der Waals surface area contributed by atoms with Gasteiger partial charge in [-0.1, -0.05) is 41.9 Å². The zero-order valence-electron chi connectivity index (χ0n) is 23.6. The van der Waals surface area contributed by atoms with Gasteiger partial charge in [0, 0.05) is 41.0 Å². The molecule has 0 saturated carbocycles. The summed E-state index contributed by atoms with van der Waals surface area (Å²) in [6.45, 7) is 0.121. The molecule has 0 fully saturated rings. The van der Waals surface area contributed by atoms with Crippen molar-refractivity contribution < 1.29 is 23.9 Å². The molecule has 4 amide bonds. The van der Waals surface area contributed by atoms with Gasteiger partial charge in [0.1, 0.15) is 12.4 Å². The number of rotatable bonds is 12. The molecule has 0 saturated heterocycles. The van der Waals surface area contributed by atoms with Crippen molar-refractivity contribution in [2.24, 2.45) is 0 Å². The lowest BCUT2D eigenvalue weighted by Gasteiger charge is -2.18. The van der Waals surface area contributed by atoms with E-state index in [0.29, 0.717) is 27.6 Å². The minimum absolute atomic E-state index is 0.0493. The minimum Gasteiger partial charge on any atom is -0.469 e. The number of anilines is 2. The maximum absolute atomic E-state index is 13.3. The van der Waals surface area contributed by atoms with Gasteiger partial charge in [-0.2, -0.15) is 4.68 Å². The van der Waals surface area contributed by atoms with Crippen LogP contribution in [0.1, 0.15) is 17.5 Å². The van der Waals surface area contributed by atoms with Crippen LogP contribution >= 0.6 is 11.6 Å². The lowest BCUT2D eigenvalue weighted by Crippen LogP contribution is -2.44. The number of aromatic nitrogens is 4. The van der Waals surface area contributed by atoms with Crippen molar-refractivity contribution in [3.8, 4) is 5.69 Å². The van der Waals surface area contributed by atoms with Gasteiger partial charge >= 0.3 is 12.0 Å². The van der Waals surface area contributed by atoms with Crippen molar-refractivity contribution in [1.82, 2.24) is 30.8 Å². The van der Waals surface area contributed by atoms with Crippen molar-refractivity contribution >= 4 is 52.9 Å². The normalized spacial score (nSPS) is 11.4. The van der Waals surface area contributed by atoms with Crippen LogP contribution in [0.15, 0.2) is 85.2 Å². The average Bonchev–Trinajstić information content (AvgIpc) is 3.56. The second-order valence-electron chi connectivity index (χ2n) is 9.32. The summed E-state index contributed by atoms with van der Waals surface area (Å²) >= 11 is 6.17. The zero-order valence-corrected chi connectivity index (χ0v) is 24.3. The first-order valence-corrected chi connectivity index (χ1v) is 13.8. The summed E-state index contributed by atoms with van der Waals surface area (Å²) in [5.74, 6) is -1.37. The molecule has 4 N–H and O–H groups in total. The first-order chi connectivity index (χ1) is 21.3.